The molecule has 1 fully saturated rings. The Morgan fingerprint density at radius 3 is 2.41 bits per heavy atom. The first-order valence-electron chi connectivity index (χ1n) is 7.19. The second kappa shape index (κ2) is 7.34. The van der Waals surface area contributed by atoms with Crippen LogP contribution in [-0.4, -0.2) is 43.3 Å². The van der Waals surface area contributed by atoms with Crippen molar-refractivity contribution in [3.63, 3.8) is 0 Å². The Labute approximate surface area is 107 Å². The molecule has 0 aromatic heterocycles. The van der Waals surface area contributed by atoms with Crippen LogP contribution in [0.1, 0.15) is 46.5 Å². The van der Waals surface area contributed by atoms with Crippen LogP contribution in [0.4, 0.5) is 0 Å². The number of hydrogen-bond donors (Lipinski definition) is 1. The molecule has 1 aliphatic rings. The monoisotopic (exact) mass is 242 g/mol. The van der Waals surface area contributed by atoms with Gasteiger partial charge < -0.3 is 10.5 Å². The van der Waals surface area contributed by atoms with Crippen LogP contribution in [0, 0.1) is 5.92 Å². The molecule has 1 aliphatic heterocycles. The molecule has 3 heteroatoms. The zero-order chi connectivity index (χ0) is 12.7. The fraction of sp³-hybridized carbons (Fsp3) is 1.00. The Bertz CT molecular complexity index is 198. The fourth-order valence-corrected chi connectivity index (χ4v) is 2.59. The van der Waals surface area contributed by atoms with E-state index in [0.717, 1.165) is 32.1 Å². The summed E-state index contributed by atoms with van der Waals surface area (Å²) in [6, 6.07) is 0. The van der Waals surface area contributed by atoms with Gasteiger partial charge in [0.05, 0.1) is 0 Å². The molecule has 0 aromatic carbocycles. The van der Waals surface area contributed by atoms with Crippen molar-refractivity contribution in [1.29, 1.82) is 0 Å². The lowest BCUT2D eigenvalue weighted by atomic mass is 9.92. The SMILES string of the molecule is CCCN(CC1CCOCC1)C(C)(CC)CN. The van der Waals surface area contributed by atoms with Crippen LogP contribution < -0.4 is 5.73 Å². The standard InChI is InChI=1S/C14H30N2O/c1-4-8-16(14(3,5-2)12-15)11-13-6-9-17-10-7-13/h13H,4-12,15H2,1-3H3. The number of nitrogens with two attached hydrogens (primary N) is 1. The zero-order valence-corrected chi connectivity index (χ0v) is 11.9. The topological polar surface area (TPSA) is 38.5 Å². The first-order chi connectivity index (χ1) is 8.16. The molecule has 1 atom stereocenters. The maximum Gasteiger partial charge on any atom is 0.0469 e. The molecule has 0 amide bonds. The number of rotatable bonds is 7. The Hall–Kier alpha value is -0.120. The third kappa shape index (κ3) is 4.23. The highest BCUT2D eigenvalue weighted by atomic mass is 16.5. The molecular weight excluding hydrogens is 212 g/mol. The number of hydrogen-bond acceptors (Lipinski definition) is 3. The summed E-state index contributed by atoms with van der Waals surface area (Å²) in [6.45, 7) is 11.8. The molecule has 0 aromatic rings. The van der Waals surface area contributed by atoms with E-state index in [1.807, 2.05) is 0 Å². The molecule has 0 spiro atoms. The van der Waals surface area contributed by atoms with E-state index in [-0.39, 0.29) is 5.54 Å². The zero-order valence-electron chi connectivity index (χ0n) is 11.9. The summed E-state index contributed by atoms with van der Waals surface area (Å²) in [5.41, 5.74) is 6.16. The Balaban J connectivity index is 2.57. The Morgan fingerprint density at radius 1 is 1.29 bits per heavy atom. The van der Waals surface area contributed by atoms with Gasteiger partial charge in [0.15, 0.2) is 0 Å². The quantitative estimate of drug-likeness (QED) is 0.744. The lowest BCUT2D eigenvalue weighted by Crippen LogP contribution is -2.53. The third-order valence-corrected chi connectivity index (χ3v) is 4.28. The largest absolute Gasteiger partial charge is 0.381 e. The van der Waals surface area contributed by atoms with Gasteiger partial charge in [-0.25, -0.2) is 0 Å². The summed E-state index contributed by atoms with van der Waals surface area (Å²) in [6.07, 6.45) is 4.76. The van der Waals surface area contributed by atoms with Gasteiger partial charge >= 0.3 is 0 Å². The molecule has 1 unspecified atom stereocenters. The average molecular weight is 242 g/mol. The molecule has 0 saturated carbocycles. The molecular formula is C14H30N2O. The van der Waals surface area contributed by atoms with Crippen LogP contribution in [0.5, 0.6) is 0 Å². The highest BCUT2D eigenvalue weighted by Gasteiger charge is 2.30. The fourth-order valence-electron chi connectivity index (χ4n) is 2.59. The van der Waals surface area contributed by atoms with Crippen molar-refractivity contribution >= 4 is 0 Å². The van der Waals surface area contributed by atoms with E-state index < -0.39 is 0 Å². The average Bonchev–Trinajstić information content (AvgIpc) is 2.38. The Kier molecular flexibility index (Phi) is 6.45. The van der Waals surface area contributed by atoms with Crippen molar-refractivity contribution in [2.75, 3.05) is 32.8 Å². The molecule has 3 nitrogen and oxygen atoms in total. The lowest BCUT2D eigenvalue weighted by Gasteiger charge is -2.42. The van der Waals surface area contributed by atoms with E-state index >= 15 is 0 Å². The van der Waals surface area contributed by atoms with Gasteiger partial charge in [-0.3, -0.25) is 4.90 Å². The number of ether oxygens (including phenoxy) is 1. The van der Waals surface area contributed by atoms with Crippen LogP contribution >= 0.6 is 0 Å². The highest BCUT2D eigenvalue weighted by Crippen LogP contribution is 2.24. The van der Waals surface area contributed by atoms with Crippen LogP contribution in [0.3, 0.4) is 0 Å². The second-order valence-corrected chi connectivity index (χ2v) is 5.56. The van der Waals surface area contributed by atoms with Crippen LogP contribution in [-0.2, 0) is 4.74 Å². The van der Waals surface area contributed by atoms with Crippen molar-refractivity contribution in [3.05, 3.63) is 0 Å². The molecule has 0 bridgehead atoms. The molecule has 1 rings (SSSR count). The van der Waals surface area contributed by atoms with Gasteiger partial charge in [0.25, 0.3) is 0 Å². The maximum atomic E-state index is 5.99. The molecule has 1 saturated heterocycles. The summed E-state index contributed by atoms with van der Waals surface area (Å²) < 4.78 is 5.44. The van der Waals surface area contributed by atoms with E-state index in [1.165, 1.54) is 32.4 Å². The van der Waals surface area contributed by atoms with Gasteiger partial charge in [0, 0.05) is 31.8 Å². The highest BCUT2D eigenvalue weighted by molar-refractivity contribution is 4.87. The first-order valence-corrected chi connectivity index (χ1v) is 7.19. The van der Waals surface area contributed by atoms with E-state index in [4.69, 9.17) is 10.5 Å². The van der Waals surface area contributed by atoms with E-state index in [1.54, 1.807) is 0 Å². The van der Waals surface area contributed by atoms with Gasteiger partial charge in [0.2, 0.25) is 0 Å². The van der Waals surface area contributed by atoms with Crippen molar-refractivity contribution < 1.29 is 4.74 Å². The molecule has 17 heavy (non-hydrogen) atoms. The number of nitrogens with zero attached hydrogens (tertiary/aromatic N) is 1. The minimum atomic E-state index is 0.175. The molecule has 2 N–H and O–H groups in total. The van der Waals surface area contributed by atoms with Crippen molar-refractivity contribution in [1.82, 2.24) is 4.90 Å². The van der Waals surface area contributed by atoms with Gasteiger partial charge in [-0.1, -0.05) is 13.8 Å². The molecule has 1 heterocycles. The lowest BCUT2D eigenvalue weighted by molar-refractivity contribution is 0.0268. The smallest absolute Gasteiger partial charge is 0.0469 e. The molecule has 0 aliphatic carbocycles. The van der Waals surface area contributed by atoms with E-state index in [9.17, 15) is 0 Å². The Morgan fingerprint density at radius 2 is 1.94 bits per heavy atom. The van der Waals surface area contributed by atoms with Crippen molar-refractivity contribution in [3.8, 4) is 0 Å². The predicted molar refractivity (Wildman–Crippen MR) is 73.2 cm³/mol. The molecule has 102 valence electrons. The van der Waals surface area contributed by atoms with Crippen molar-refractivity contribution in [2.45, 2.75) is 52.0 Å². The van der Waals surface area contributed by atoms with Gasteiger partial charge in [-0.15, -0.1) is 0 Å². The second-order valence-electron chi connectivity index (χ2n) is 5.56. The van der Waals surface area contributed by atoms with Gasteiger partial charge in [-0.05, 0) is 45.1 Å². The first kappa shape index (κ1) is 14.9. The molecule has 0 radical (unpaired) electrons. The van der Waals surface area contributed by atoms with Crippen LogP contribution in [0.15, 0.2) is 0 Å². The summed E-state index contributed by atoms with van der Waals surface area (Å²) in [5, 5.41) is 0. The third-order valence-electron chi connectivity index (χ3n) is 4.28. The summed E-state index contributed by atoms with van der Waals surface area (Å²) in [5.74, 6) is 0.799. The van der Waals surface area contributed by atoms with Gasteiger partial charge in [-0.2, -0.15) is 0 Å². The summed E-state index contributed by atoms with van der Waals surface area (Å²) in [7, 11) is 0. The minimum absolute atomic E-state index is 0.175. The normalized spacial score (nSPS) is 21.7. The van der Waals surface area contributed by atoms with Gasteiger partial charge in [0.1, 0.15) is 0 Å². The van der Waals surface area contributed by atoms with Crippen LogP contribution in [0.2, 0.25) is 0 Å². The van der Waals surface area contributed by atoms with E-state index in [2.05, 4.69) is 25.7 Å². The van der Waals surface area contributed by atoms with E-state index in [0.29, 0.717) is 0 Å². The maximum absolute atomic E-state index is 5.99. The predicted octanol–water partition coefficient (Wildman–Crippen LogP) is 2.25. The van der Waals surface area contributed by atoms with Crippen molar-refractivity contribution in [2.24, 2.45) is 11.7 Å². The minimum Gasteiger partial charge on any atom is -0.381 e. The van der Waals surface area contributed by atoms with Crippen LogP contribution in [0.25, 0.3) is 0 Å². The summed E-state index contributed by atoms with van der Waals surface area (Å²) >= 11 is 0. The summed E-state index contributed by atoms with van der Waals surface area (Å²) in [4.78, 5) is 2.61.